The number of rotatable bonds is 4. The topological polar surface area (TPSA) is 30.7 Å². The SMILES string of the molecule is Brc1cccnc1SCCn1cccn1. The number of hydrogen-bond donors (Lipinski definition) is 0. The zero-order valence-electron chi connectivity index (χ0n) is 8.01. The summed E-state index contributed by atoms with van der Waals surface area (Å²) in [7, 11) is 0. The van der Waals surface area contributed by atoms with Crippen LogP contribution in [0.4, 0.5) is 0 Å². The van der Waals surface area contributed by atoms with Crippen molar-refractivity contribution in [2.24, 2.45) is 0 Å². The lowest BCUT2D eigenvalue weighted by molar-refractivity contribution is 0.666. The molecule has 0 fully saturated rings. The van der Waals surface area contributed by atoms with E-state index >= 15 is 0 Å². The largest absolute Gasteiger partial charge is 0.272 e. The molecule has 0 aromatic carbocycles. The van der Waals surface area contributed by atoms with Crippen LogP contribution in [0.15, 0.2) is 46.3 Å². The molecular formula is C10H10BrN3S. The van der Waals surface area contributed by atoms with E-state index in [0.717, 1.165) is 21.8 Å². The molecule has 0 saturated heterocycles. The van der Waals surface area contributed by atoms with E-state index < -0.39 is 0 Å². The quantitative estimate of drug-likeness (QED) is 0.809. The minimum Gasteiger partial charge on any atom is -0.272 e. The molecule has 0 aliphatic carbocycles. The Hall–Kier alpha value is -0.810. The number of thioether (sulfide) groups is 1. The maximum absolute atomic E-state index is 4.28. The first-order chi connectivity index (χ1) is 7.36. The summed E-state index contributed by atoms with van der Waals surface area (Å²) >= 11 is 5.20. The van der Waals surface area contributed by atoms with Gasteiger partial charge >= 0.3 is 0 Å². The average Bonchev–Trinajstić information content (AvgIpc) is 2.74. The highest BCUT2D eigenvalue weighted by molar-refractivity contribution is 9.10. The van der Waals surface area contributed by atoms with Crippen LogP contribution in [0.3, 0.4) is 0 Å². The molecule has 15 heavy (non-hydrogen) atoms. The van der Waals surface area contributed by atoms with Gasteiger partial charge in [-0.25, -0.2) is 4.98 Å². The first-order valence-corrected chi connectivity index (χ1v) is 6.35. The zero-order chi connectivity index (χ0) is 10.5. The van der Waals surface area contributed by atoms with Gasteiger partial charge < -0.3 is 0 Å². The molecule has 0 radical (unpaired) electrons. The zero-order valence-corrected chi connectivity index (χ0v) is 10.4. The fourth-order valence-electron chi connectivity index (χ4n) is 1.15. The van der Waals surface area contributed by atoms with Crippen LogP contribution in [-0.4, -0.2) is 20.5 Å². The van der Waals surface area contributed by atoms with Gasteiger partial charge in [-0.1, -0.05) is 0 Å². The number of nitrogens with zero attached hydrogens (tertiary/aromatic N) is 3. The van der Waals surface area contributed by atoms with Crippen molar-refractivity contribution in [3.8, 4) is 0 Å². The van der Waals surface area contributed by atoms with Crippen LogP contribution >= 0.6 is 27.7 Å². The fourth-order valence-corrected chi connectivity index (χ4v) is 2.56. The number of aromatic nitrogens is 3. The van der Waals surface area contributed by atoms with Crippen LogP contribution in [0.5, 0.6) is 0 Å². The second-order valence-electron chi connectivity index (χ2n) is 2.91. The Balaban J connectivity index is 1.86. The van der Waals surface area contributed by atoms with Crippen molar-refractivity contribution in [1.29, 1.82) is 0 Å². The van der Waals surface area contributed by atoms with Crippen molar-refractivity contribution in [2.45, 2.75) is 11.6 Å². The molecule has 3 nitrogen and oxygen atoms in total. The van der Waals surface area contributed by atoms with Gasteiger partial charge in [0.2, 0.25) is 0 Å². The molecule has 0 spiro atoms. The number of pyridine rings is 1. The van der Waals surface area contributed by atoms with Gasteiger partial charge in [0.05, 0.1) is 6.54 Å². The standard InChI is InChI=1S/C10H10BrN3S/c11-9-3-1-4-12-10(9)15-8-7-14-6-2-5-13-14/h1-6H,7-8H2. The van der Waals surface area contributed by atoms with Crippen LogP contribution in [0.1, 0.15) is 0 Å². The maximum Gasteiger partial charge on any atom is 0.110 e. The highest BCUT2D eigenvalue weighted by Gasteiger charge is 2.00. The van der Waals surface area contributed by atoms with Crippen molar-refractivity contribution in [2.75, 3.05) is 5.75 Å². The van der Waals surface area contributed by atoms with Crippen molar-refractivity contribution in [1.82, 2.24) is 14.8 Å². The summed E-state index contributed by atoms with van der Waals surface area (Å²) in [4.78, 5) is 4.28. The van der Waals surface area contributed by atoms with Gasteiger partial charge in [0.25, 0.3) is 0 Å². The molecule has 2 aromatic rings. The molecule has 0 atom stereocenters. The smallest absolute Gasteiger partial charge is 0.110 e. The number of hydrogen-bond acceptors (Lipinski definition) is 3. The molecule has 0 unspecified atom stereocenters. The molecule has 0 bridgehead atoms. The molecular weight excluding hydrogens is 274 g/mol. The molecule has 0 aliphatic rings. The van der Waals surface area contributed by atoms with Crippen LogP contribution in [0, 0.1) is 0 Å². The summed E-state index contributed by atoms with van der Waals surface area (Å²) in [6.45, 7) is 0.903. The third kappa shape index (κ3) is 3.07. The lowest BCUT2D eigenvalue weighted by Gasteiger charge is -2.02. The molecule has 2 heterocycles. The predicted octanol–water partition coefficient (Wildman–Crippen LogP) is 2.83. The van der Waals surface area contributed by atoms with E-state index in [1.54, 1.807) is 24.2 Å². The van der Waals surface area contributed by atoms with Crippen molar-refractivity contribution in [3.63, 3.8) is 0 Å². The minimum atomic E-state index is 0.903. The van der Waals surface area contributed by atoms with Gasteiger partial charge in [-0.3, -0.25) is 4.68 Å². The van der Waals surface area contributed by atoms with Crippen LogP contribution < -0.4 is 0 Å². The average molecular weight is 284 g/mol. The van der Waals surface area contributed by atoms with E-state index in [2.05, 4.69) is 26.0 Å². The van der Waals surface area contributed by atoms with E-state index in [0.29, 0.717) is 0 Å². The van der Waals surface area contributed by atoms with Gasteiger partial charge in [0, 0.05) is 28.8 Å². The van der Waals surface area contributed by atoms with Crippen molar-refractivity contribution < 1.29 is 0 Å². The molecule has 2 aromatic heterocycles. The molecule has 5 heteroatoms. The summed E-state index contributed by atoms with van der Waals surface area (Å²) < 4.78 is 2.97. The normalized spacial score (nSPS) is 10.5. The fraction of sp³-hybridized carbons (Fsp3) is 0.200. The van der Waals surface area contributed by atoms with E-state index in [4.69, 9.17) is 0 Å². The molecule has 0 aliphatic heterocycles. The van der Waals surface area contributed by atoms with Gasteiger partial charge in [0.15, 0.2) is 0 Å². The number of halogens is 1. The van der Waals surface area contributed by atoms with Crippen LogP contribution in [0.25, 0.3) is 0 Å². The molecule has 0 amide bonds. The van der Waals surface area contributed by atoms with Crippen LogP contribution in [-0.2, 0) is 6.54 Å². The first-order valence-electron chi connectivity index (χ1n) is 4.57. The Labute approximate surface area is 101 Å². The first kappa shape index (κ1) is 10.7. The second kappa shape index (κ2) is 5.32. The third-order valence-corrected chi connectivity index (χ3v) is 3.73. The van der Waals surface area contributed by atoms with Gasteiger partial charge in [-0.05, 0) is 34.1 Å². The summed E-state index contributed by atoms with van der Waals surface area (Å²) in [5.41, 5.74) is 0. The Morgan fingerprint density at radius 1 is 1.33 bits per heavy atom. The minimum absolute atomic E-state index is 0.903. The number of aryl methyl sites for hydroxylation is 1. The maximum atomic E-state index is 4.28. The molecule has 2 rings (SSSR count). The summed E-state index contributed by atoms with van der Waals surface area (Å²) in [5, 5.41) is 5.17. The van der Waals surface area contributed by atoms with Crippen molar-refractivity contribution in [3.05, 3.63) is 41.3 Å². The molecule has 78 valence electrons. The Morgan fingerprint density at radius 2 is 2.27 bits per heavy atom. The van der Waals surface area contributed by atoms with E-state index in [1.165, 1.54) is 0 Å². The Kier molecular flexibility index (Phi) is 3.80. The van der Waals surface area contributed by atoms with E-state index in [1.807, 2.05) is 29.1 Å². The highest BCUT2D eigenvalue weighted by atomic mass is 79.9. The molecule has 0 N–H and O–H groups in total. The van der Waals surface area contributed by atoms with Gasteiger partial charge in [-0.2, -0.15) is 5.10 Å². The Morgan fingerprint density at radius 3 is 3.00 bits per heavy atom. The van der Waals surface area contributed by atoms with E-state index in [9.17, 15) is 0 Å². The van der Waals surface area contributed by atoms with Crippen LogP contribution in [0.2, 0.25) is 0 Å². The summed E-state index contributed by atoms with van der Waals surface area (Å²) in [5.74, 6) is 0.970. The second-order valence-corrected chi connectivity index (χ2v) is 4.85. The third-order valence-electron chi connectivity index (χ3n) is 1.84. The molecule has 0 saturated carbocycles. The van der Waals surface area contributed by atoms with Crippen molar-refractivity contribution >= 4 is 27.7 Å². The monoisotopic (exact) mass is 283 g/mol. The highest BCUT2D eigenvalue weighted by Crippen LogP contribution is 2.24. The lowest BCUT2D eigenvalue weighted by Crippen LogP contribution is -2.00. The van der Waals surface area contributed by atoms with E-state index in [-0.39, 0.29) is 0 Å². The predicted molar refractivity (Wildman–Crippen MR) is 64.9 cm³/mol. The Bertz CT molecular complexity index is 416. The summed E-state index contributed by atoms with van der Waals surface area (Å²) in [6, 6.07) is 5.85. The van der Waals surface area contributed by atoms with Gasteiger partial charge in [-0.15, -0.1) is 11.8 Å². The summed E-state index contributed by atoms with van der Waals surface area (Å²) in [6.07, 6.45) is 5.57. The van der Waals surface area contributed by atoms with Gasteiger partial charge in [0.1, 0.15) is 5.03 Å². The lowest BCUT2D eigenvalue weighted by atomic mass is 10.5.